The number of hydrogen-bond donors (Lipinski definition) is 1. The fourth-order valence-electron chi connectivity index (χ4n) is 3.03. The van der Waals surface area contributed by atoms with E-state index in [1.165, 1.54) is 0 Å². The molecule has 0 amide bonds. The minimum Gasteiger partial charge on any atom is -0.377 e. The second kappa shape index (κ2) is 7.65. The maximum atomic E-state index is 14.3. The molecule has 0 unspecified atom stereocenters. The number of pyridine rings is 1. The Labute approximate surface area is 153 Å². The maximum absolute atomic E-state index is 14.3. The van der Waals surface area contributed by atoms with Crippen LogP contribution in [0.2, 0.25) is 5.15 Å². The molecule has 0 saturated carbocycles. The first-order valence-corrected chi connectivity index (χ1v) is 8.52. The van der Waals surface area contributed by atoms with Crippen LogP contribution >= 0.6 is 11.6 Å². The van der Waals surface area contributed by atoms with Crippen molar-refractivity contribution in [2.45, 2.75) is 0 Å². The monoisotopic (exact) mass is 385 g/mol. The van der Waals surface area contributed by atoms with Gasteiger partial charge in [-0.25, -0.2) is 13.8 Å². The van der Waals surface area contributed by atoms with Crippen molar-refractivity contribution >= 4 is 33.9 Å². The van der Waals surface area contributed by atoms with Crippen LogP contribution in [0.1, 0.15) is 0 Å². The predicted molar refractivity (Wildman–Crippen MR) is 95.8 cm³/mol. The molecule has 3 rings (SSSR count). The van der Waals surface area contributed by atoms with Gasteiger partial charge in [-0.05, 0) is 7.05 Å². The number of benzene rings is 1. The molecule has 1 saturated heterocycles. The molecule has 0 spiro atoms. The fourth-order valence-corrected chi connectivity index (χ4v) is 3.28. The first-order valence-electron chi connectivity index (χ1n) is 8.14. The number of hydrogen-bond acceptors (Lipinski definition) is 6. The van der Waals surface area contributed by atoms with Gasteiger partial charge in [0.05, 0.1) is 15.8 Å². The number of piperazine rings is 1. The van der Waals surface area contributed by atoms with E-state index in [1.807, 2.05) is 7.05 Å². The van der Waals surface area contributed by atoms with Gasteiger partial charge in [0.1, 0.15) is 17.3 Å². The van der Waals surface area contributed by atoms with Crippen molar-refractivity contribution in [3.63, 3.8) is 0 Å². The van der Waals surface area contributed by atoms with E-state index in [4.69, 9.17) is 11.6 Å². The zero-order valence-corrected chi connectivity index (χ0v) is 14.9. The van der Waals surface area contributed by atoms with Gasteiger partial charge in [-0.15, -0.1) is 0 Å². The third-order valence-electron chi connectivity index (χ3n) is 4.44. The number of nitro groups is 1. The standard InChI is InChI=1S/C16H18ClF2N5O2/c1-22-4-6-23(7-5-22)3-2-20-14-13-11(19)8-10(18)9-12(13)21-16(17)15(14)24(25)26/h8-9H,2-7H2,1H3,(H,20,21). The Morgan fingerprint density at radius 1 is 1.31 bits per heavy atom. The minimum absolute atomic E-state index is 0.0693. The number of nitrogens with one attached hydrogen (secondary N) is 1. The van der Waals surface area contributed by atoms with Gasteiger partial charge in [-0.1, -0.05) is 11.6 Å². The average molecular weight is 386 g/mol. The Morgan fingerprint density at radius 3 is 2.65 bits per heavy atom. The molecule has 1 aliphatic rings. The summed E-state index contributed by atoms with van der Waals surface area (Å²) in [6, 6.07) is 1.67. The molecule has 0 radical (unpaired) electrons. The first-order chi connectivity index (χ1) is 12.4. The van der Waals surface area contributed by atoms with Gasteiger partial charge in [0.15, 0.2) is 0 Å². The summed E-state index contributed by atoms with van der Waals surface area (Å²) in [5.41, 5.74) is -0.653. The van der Waals surface area contributed by atoms with E-state index in [0.29, 0.717) is 19.2 Å². The summed E-state index contributed by atoms with van der Waals surface area (Å²) in [4.78, 5) is 18.9. The van der Waals surface area contributed by atoms with Crippen molar-refractivity contribution in [2.24, 2.45) is 0 Å². The molecule has 0 bridgehead atoms. The van der Waals surface area contributed by atoms with E-state index < -0.39 is 27.4 Å². The number of fused-ring (bicyclic) bond motifs is 1. The van der Waals surface area contributed by atoms with Crippen LogP contribution in [0.25, 0.3) is 10.9 Å². The van der Waals surface area contributed by atoms with Crippen molar-refractivity contribution in [1.82, 2.24) is 14.8 Å². The molecule has 0 aliphatic carbocycles. The number of nitrogens with zero attached hydrogens (tertiary/aromatic N) is 4. The lowest BCUT2D eigenvalue weighted by Gasteiger charge is -2.32. The van der Waals surface area contributed by atoms with Crippen molar-refractivity contribution in [3.8, 4) is 0 Å². The summed E-state index contributed by atoms with van der Waals surface area (Å²) in [7, 11) is 2.05. The molecule has 1 aromatic carbocycles. The highest BCUT2D eigenvalue weighted by Crippen LogP contribution is 2.38. The summed E-state index contributed by atoms with van der Waals surface area (Å²) >= 11 is 5.90. The van der Waals surface area contributed by atoms with Gasteiger partial charge in [0.2, 0.25) is 5.15 Å². The van der Waals surface area contributed by atoms with E-state index in [1.54, 1.807) is 0 Å². The smallest absolute Gasteiger partial charge is 0.330 e. The normalized spacial score (nSPS) is 16.2. The van der Waals surface area contributed by atoms with Crippen LogP contribution in [0.15, 0.2) is 12.1 Å². The largest absolute Gasteiger partial charge is 0.377 e. The van der Waals surface area contributed by atoms with Gasteiger partial charge in [0.25, 0.3) is 0 Å². The quantitative estimate of drug-likeness (QED) is 0.484. The van der Waals surface area contributed by atoms with Crippen LogP contribution in [-0.4, -0.2) is 66.0 Å². The number of rotatable bonds is 5. The molecule has 10 heteroatoms. The zero-order valence-electron chi connectivity index (χ0n) is 14.1. The van der Waals surface area contributed by atoms with Crippen molar-refractivity contribution in [1.29, 1.82) is 0 Å². The zero-order chi connectivity index (χ0) is 18.8. The highest BCUT2D eigenvalue weighted by Gasteiger charge is 2.26. The molecule has 1 N–H and O–H groups in total. The van der Waals surface area contributed by atoms with Crippen LogP contribution in [0.4, 0.5) is 20.2 Å². The number of halogens is 3. The second-order valence-electron chi connectivity index (χ2n) is 6.24. The average Bonchev–Trinajstić information content (AvgIpc) is 2.55. The molecule has 0 atom stereocenters. The Kier molecular flexibility index (Phi) is 5.49. The summed E-state index contributed by atoms with van der Waals surface area (Å²) in [6.45, 7) is 4.65. The van der Waals surface area contributed by atoms with Gasteiger partial charge in [0, 0.05) is 51.4 Å². The summed E-state index contributed by atoms with van der Waals surface area (Å²) in [6.07, 6.45) is 0. The fraction of sp³-hybridized carbons (Fsp3) is 0.438. The third kappa shape index (κ3) is 3.84. The lowest BCUT2D eigenvalue weighted by Crippen LogP contribution is -2.45. The minimum atomic E-state index is -0.922. The Morgan fingerprint density at radius 2 is 2.00 bits per heavy atom. The topological polar surface area (TPSA) is 74.5 Å². The lowest BCUT2D eigenvalue weighted by molar-refractivity contribution is -0.384. The summed E-state index contributed by atoms with van der Waals surface area (Å²) in [5.74, 6) is -1.75. The molecule has 2 heterocycles. The van der Waals surface area contributed by atoms with E-state index >= 15 is 0 Å². The van der Waals surface area contributed by atoms with Crippen LogP contribution in [0.3, 0.4) is 0 Å². The Hall–Kier alpha value is -2.10. The second-order valence-corrected chi connectivity index (χ2v) is 6.59. The van der Waals surface area contributed by atoms with Crippen LogP contribution < -0.4 is 5.32 Å². The summed E-state index contributed by atoms with van der Waals surface area (Å²) in [5, 5.41) is 13.8. The molecule has 1 aliphatic heterocycles. The lowest BCUT2D eigenvalue weighted by atomic mass is 10.1. The van der Waals surface area contributed by atoms with Gasteiger partial charge < -0.3 is 10.2 Å². The number of likely N-dealkylation sites (N-methyl/N-ethyl adjacent to an activating group) is 1. The molecule has 1 fully saturated rings. The van der Waals surface area contributed by atoms with Crippen LogP contribution in [0.5, 0.6) is 0 Å². The van der Waals surface area contributed by atoms with Gasteiger partial charge in [-0.3, -0.25) is 15.0 Å². The molecule has 1 aromatic heterocycles. The van der Waals surface area contributed by atoms with Crippen LogP contribution in [-0.2, 0) is 0 Å². The van der Waals surface area contributed by atoms with E-state index in [9.17, 15) is 18.9 Å². The highest BCUT2D eigenvalue weighted by atomic mass is 35.5. The van der Waals surface area contributed by atoms with Crippen molar-refractivity contribution in [3.05, 3.63) is 39.0 Å². The third-order valence-corrected chi connectivity index (χ3v) is 4.71. The van der Waals surface area contributed by atoms with Gasteiger partial charge in [-0.2, -0.15) is 0 Å². The molecule has 26 heavy (non-hydrogen) atoms. The van der Waals surface area contributed by atoms with E-state index in [0.717, 1.165) is 32.2 Å². The number of anilines is 1. The maximum Gasteiger partial charge on any atom is 0.330 e. The predicted octanol–water partition coefficient (Wildman–Crippen LogP) is 2.73. The van der Waals surface area contributed by atoms with E-state index in [-0.39, 0.29) is 16.6 Å². The highest BCUT2D eigenvalue weighted by molar-refractivity contribution is 6.33. The molecule has 140 valence electrons. The molecule has 7 nitrogen and oxygen atoms in total. The number of aromatic nitrogens is 1. The van der Waals surface area contributed by atoms with E-state index in [2.05, 4.69) is 20.1 Å². The Bertz CT molecular complexity index is 843. The van der Waals surface area contributed by atoms with Crippen LogP contribution in [0, 0.1) is 21.7 Å². The van der Waals surface area contributed by atoms with Crippen molar-refractivity contribution < 1.29 is 13.7 Å². The first kappa shape index (κ1) is 18.7. The Balaban J connectivity index is 1.89. The summed E-state index contributed by atoms with van der Waals surface area (Å²) < 4.78 is 27.8. The van der Waals surface area contributed by atoms with Crippen molar-refractivity contribution in [2.75, 3.05) is 51.6 Å². The SMILES string of the molecule is CN1CCN(CCNc2c([N+](=O)[O-])c(Cl)nc3cc(F)cc(F)c23)CC1. The van der Waals surface area contributed by atoms with Gasteiger partial charge >= 0.3 is 5.69 Å². The molecular weight excluding hydrogens is 368 g/mol. The molecular formula is C16H18ClF2N5O2. The molecule has 2 aromatic rings.